The van der Waals surface area contributed by atoms with Crippen LogP contribution in [0.1, 0.15) is 49.2 Å². The van der Waals surface area contributed by atoms with Gasteiger partial charge >= 0.3 is 5.97 Å². The van der Waals surface area contributed by atoms with Gasteiger partial charge in [0.2, 0.25) is 0 Å². The van der Waals surface area contributed by atoms with Gasteiger partial charge in [0.1, 0.15) is 0 Å². The minimum absolute atomic E-state index is 0.337. The molecule has 0 saturated heterocycles. The monoisotopic (exact) mass is 385 g/mol. The fraction of sp³-hybridized carbons (Fsp3) is 0.550. The SMILES string of the molecule is CCC[C@H](C(=O)O)[C@H](Cc1ccc(C2=CC[N+](C)(C)CC2)nc1)c1nn[nH]n1. The molecule has 3 heterocycles. The molecule has 0 aliphatic carbocycles. The summed E-state index contributed by atoms with van der Waals surface area (Å²) >= 11 is 0. The number of H-pyrrole nitrogens is 1. The summed E-state index contributed by atoms with van der Waals surface area (Å²) in [6, 6.07) is 4.07. The Morgan fingerprint density at radius 1 is 1.36 bits per heavy atom. The van der Waals surface area contributed by atoms with Crippen LogP contribution in [0.4, 0.5) is 0 Å². The molecule has 0 aromatic carbocycles. The number of aromatic amines is 1. The first kappa shape index (κ1) is 20.1. The molecule has 8 nitrogen and oxygen atoms in total. The highest BCUT2D eigenvalue weighted by Crippen LogP contribution is 2.30. The lowest BCUT2D eigenvalue weighted by Gasteiger charge is -2.32. The second-order valence-electron chi connectivity index (χ2n) is 8.19. The molecule has 2 atom stereocenters. The molecule has 8 heteroatoms. The van der Waals surface area contributed by atoms with Gasteiger partial charge < -0.3 is 9.59 Å². The summed E-state index contributed by atoms with van der Waals surface area (Å²) < 4.78 is 1.00. The van der Waals surface area contributed by atoms with Crippen LogP contribution < -0.4 is 0 Å². The van der Waals surface area contributed by atoms with Gasteiger partial charge in [-0.25, -0.2) is 0 Å². The van der Waals surface area contributed by atoms with Crippen LogP contribution in [0.15, 0.2) is 24.4 Å². The van der Waals surface area contributed by atoms with Crippen molar-refractivity contribution in [3.05, 3.63) is 41.5 Å². The highest BCUT2D eigenvalue weighted by Gasteiger charge is 2.32. The fourth-order valence-corrected chi connectivity index (χ4v) is 3.74. The topological polar surface area (TPSA) is 105 Å². The van der Waals surface area contributed by atoms with Crippen molar-refractivity contribution in [1.82, 2.24) is 25.6 Å². The largest absolute Gasteiger partial charge is 0.481 e. The molecule has 1 aliphatic rings. The van der Waals surface area contributed by atoms with Gasteiger partial charge in [0.05, 0.1) is 38.8 Å². The van der Waals surface area contributed by atoms with Gasteiger partial charge in [-0.05, 0) is 36.1 Å². The Morgan fingerprint density at radius 2 is 2.18 bits per heavy atom. The number of carbonyl (C=O) groups is 1. The van der Waals surface area contributed by atoms with E-state index in [0.29, 0.717) is 18.7 Å². The quantitative estimate of drug-likeness (QED) is 0.676. The first-order chi connectivity index (χ1) is 13.4. The number of aliphatic carboxylic acids is 1. The zero-order valence-electron chi connectivity index (χ0n) is 16.8. The molecular weight excluding hydrogens is 356 g/mol. The first-order valence-electron chi connectivity index (χ1n) is 9.82. The lowest BCUT2D eigenvalue weighted by atomic mass is 9.83. The summed E-state index contributed by atoms with van der Waals surface area (Å²) in [4.78, 5) is 16.5. The molecular formula is C20H29N6O2+. The number of rotatable bonds is 8. The van der Waals surface area contributed by atoms with Crippen LogP contribution >= 0.6 is 0 Å². The number of likely N-dealkylation sites (N-methyl/N-ethyl adjacent to an activating group) is 1. The molecule has 2 N–H and O–H groups in total. The van der Waals surface area contributed by atoms with Gasteiger partial charge in [0.15, 0.2) is 5.82 Å². The van der Waals surface area contributed by atoms with Crippen LogP contribution in [-0.4, -0.2) is 68.4 Å². The lowest BCUT2D eigenvalue weighted by Crippen LogP contribution is -2.42. The van der Waals surface area contributed by atoms with Gasteiger partial charge in [0, 0.05) is 18.5 Å². The van der Waals surface area contributed by atoms with E-state index in [0.717, 1.165) is 41.7 Å². The minimum atomic E-state index is -0.825. The van der Waals surface area contributed by atoms with Gasteiger partial charge in [0.25, 0.3) is 0 Å². The van der Waals surface area contributed by atoms with E-state index in [1.807, 2.05) is 25.3 Å². The smallest absolute Gasteiger partial charge is 0.307 e. The average Bonchev–Trinajstić information content (AvgIpc) is 3.19. The number of hydrogen-bond acceptors (Lipinski definition) is 5. The zero-order valence-corrected chi connectivity index (χ0v) is 16.8. The number of hydrogen-bond donors (Lipinski definition) is 2. The van der Waals surface area contributed by atoms with E-state index in [4.69, 9.17) is 0 Å². The minimum Gasteiger partial charge on any atom is -0.481 e. The van der Waals surface area contributed by atoms with E-state index in [1.54, 1.807) is 0 Å². The number of carboxylic acids is 1. The summed E-state index contributed by atoms with van der Waals surface area (Å²) in [7, 11) is 4.47. The van der Waals surface area contributed by atoms with E-state index in [2.05, 4.69) is 45.8 Å². The number of aromatic nitrogens is 5. The number of quaternary nitrogens is 1. The van der Waals surface area contributed by atoms with E-state index >= 15 is 0 Å². The third kappa shape index (κ3) is 4.81. The summed E-state index contributed by atoms with van der Waals surface area (Å²) in [5.74, 6) is -1.27. The Labute approximate surface area is 165 Å². The second-order valence-corrected chi connectivity index (χ2v) is 8.19. The van der Waals surface area contributed by atoms with Crippen molar-refractivity contribution in [1.29, 1.82) is 0 Å². The molecule has 0 amide bonds. The molecule has 2 aromatic rings. The van der Waals surface area contributed by atoms with Crippen molar-refractivity contribution in [3.8, 4) is 0 Å². The molecule has 2 aromatic heterocycles. The standard InChI is InChI=1S/C20H28N6O2/c1-4-5-16(20(27)28)17(19-22-24-25-23-19)12-14-6-7-18(21-13-14)15-8-10-26(2,3)11-9-15/h6-8,13,16-17H,4-5,9-12H2,1-3H3,(H-,22,23,24,25,27,28)/p+1/t16-,17-/m0/s1. The highest BCUT2D eigenvalue weighted by molar-refractivity contribution is 5.71. The maximum Gasteiger partial charge on any atom is 0.307 e. The second kappa shape index (κ2) is 8.60. The maximum absolute atomic E-state index is 11.8. The van der Waals surface area contributed by atoms with Crippen molar-refractivity contribution in [2.75, 3.05) is 27.2 Å². The first-order valence-corrected chi connectivity index (χ1v) is 9.82. The van der Waals surface area contributed by atoms with Crippen LogP contribution in [0.5, 0.6) is 0 Å². The Balaban J connectivity index is 1.78. The number of pyridine rings is 1. The normalized spacial score (nSPS) is 18.3. The molecule has 0 unspecified atom stereocenters. The number of carboxylic acid groups (broad SMARTS) is 1. The van der Waals surface area contributed by atoms with Crippen molar-refractivity contribution < 1.29 is 14.4 Å². The summed E-state index contributed by atoms with van der Waals surface area (Å²) in [5, 5.41) is 23.9. The van der Waals surface area contributed by atoms with Crippen LogP contribution in [0.25, 0.3) is 5.57 Å². The molecule has 150 valence electrons. The highest BCUT2D eigenvalue weighted by atomic mass is 16.4. The predicted molar refractivity (Wildman–Crippen MR) is 105 cm³/mol. The summed E-state index contributed by atoms with van der Waals surface area (Å²) in [6.07, 6.45) is 7.01. The third-order valence-electron chi connectivity index (χ3n) is 5.52. The summed E-state index contributed by atoms with van der Waals surface area (Å²) in [6.45, 7) is 4.10. The van der Waals surface area contributed by atoms with Gasteiger partial charge in [-0.1, -0.05) is 24.6 Å². The van der Waals surface area contributed by atoms with Crippen LogP contribution in [-0.2, 0) is 11.2 Å². The van der Waals surface area contributed by atoms with Crippen LogP contribution in [0, 0.1) is 5.92 Å². The molecule has 28 heavy (non-hydrogen) atoms. The van der Waals surface area contributed by atoms with Crippen LogP contribution in [0.2, 0.25) is 0 Å². The van der Waals surface area contributed by atoms with Crippen molar-refractivity contribution in [2.45, 2.75) is 38.5 Å². The molecule has 3 rings (SSSR count). The van der Waals surface area contributed by atoms with Gasteiger partial charge in [-0.15, -0.1) is 10.2 Å². The number of nitrogens with zero attached hydrogens (tertiary/aromatic N) is 5. The van der Waals surface area contributed by atoms with Gasteiger partial charge in [-0.2, -0.15) is 5.21 Å². The van der Waals surface area contributed by atoms with Crippen LogP contribution in [0.3, 0.4) is 0 Å². The number of nitrogens with one attached hydrogen (secondary N) is 1. The maximum atomic E-state index is 11.8. The molecule has 0 fully saturated rings. The van der Waals surface area contributed by atoms with Gasteiger partial charge in [-0.3, -0.25) is 9.78 Å². The molecule has 1 aliphatic heterocycles. The van der Waals surface area contributed by atoms with E-state index < -0.39 is 11.9 Å². The fourth-order valence-electron chi connectivity index (χ4n) is 3.74. The molecule has 0 radical (unpaired) electrons. The van der Waals surface area contributed by atoms with Crippen molar-refractivity contribution in [3.63, 3.8) is 0 Å². The number of tetrazole rings is 1. The summed E-state index contributed by atoms with van der Waals surface area (Å²) in [5.41, 5.74) is 3.27. The Hall–Kier alpha value is -2.61. The van der Waals surface area contributed by atoms with E-state index in [1.165, 1.54) is 5.57 Å². The molecule has 0 spiro atoms. The molecule has 0 saturated carbocycles. The van der Waals surface area contributed by atoms with E-state index in [-0.39, 0.29) is 5.92 Å². The molecule has 0 bridgehead atoms. The lowest BCUT2D eigenvalue weighted by molar-refractivity contribution is -0.885. The van der Waals surface area contributed by atoms with E-state index in [9.17, 15) is 9.90 Å². The third-order valence-corrected chi connectivity index (χ3v) is 5.52. The Morgan fingerprint density at radius 3 is 2.71 bits per heavy atom. The predicted octanol–water partition coefficient (Wildman–Crippen LogP) is 2.29. The Kier molecular flexibility index (Phi) is 6.18. The zero-order chi connectivity index (χ0) is 20.1. The average molecular weight is 385 g/mol. The van der Waals surface area contributed by atoms with Crippen molar-refractivity contribution >= 4 is 11.5 Å². The van der Waals surface area contributed by atoms with Crippen molar-refractivity contribution in [2.24, 2.45) is 5.92 Å². The Bertz CT molecular complexity index is 814.